The number of likely N-dealkylation sites (tertiary alicyclic amines) is 1. The first-order chi connectivity index (χ1) is 10.6. The highest BCUT2D eigenvalue weighted by molar-refractivity contribution is 5.95. The van der Waals surface area contributed by atoms with Crippen LogP contribution in [-0.4, -0.2) is 40.0 Å². The lowest BCUT2D eigenvalue weighted by atomic mass is 10.1. The van der Waals surface area contributed by atoms with Crippen LogP contribution in [-0.2, 0) is 0 Å². The standard InChI is InChI=1S/C16H19N3O3/c1-11-8-14(12(2)21-11)16(20)19-7-3-4-13(9-19)22-15-5-6-17-10-18-15/h5-6,8,10,13H,3-4,7,9H2,1-2H3. The molecule has 0 saturated carbocycles. The molecule has 0 bridgehead atoms. The third-order valence-corrected chi connectivity index (χ3v) is 3.78. The number of nitrogens with zero attached hydrogens (tertiary/aromatic N) is 3. The number of aromatic nitrogens is 2. The second-order valence-electron chi connectivity index (χ2n) is 5.51. The number of piperidine rings is 1. The summed E-state index contributed by atoms with van der Waals surface area (Å²) in [6.07, 6.45) is 4.89. The van der Waals surface area contributed by atoms with Crippen molar-refractivity contribution < 1.29 is 13.9 Å². The van der Waals surface area contributed by atoms with Gasteiger partial charge in [-0.25, -0.2) is 9.97 Å². The molecule has 22 heavy (non-hydrogen) atoms. The van der Waals surface area contributed by atoms with Gasteiger partial charge in [-0.15, -0.1) is 0 Å². The molecule has 6 heteroatoms. The molecule has 2 aromatic rings. The summed E-state index contributed by atoms with van der Waals surface area (Å²) in [5, 5.41) is 0. The van der Waals surface area contributed by atoms with E-state index in [9.17, 15) is 4.79 Å². The van der Waals surface area contributed by atoms with Crippen LogP contribution in [0.25, 0.3) is 0 Å². The van der Waals surface area contributed by atoms with Crippen molar-refractivity contribution in [3.05, 3.63) is 41.7 Å². The molecular formula is C16H19N3O3. The smallest absolute Gasteiger partial charge is 0.257 e. The Labute approximate surface area is 129 Å². The quantitative estimate of drug-likeness (QED) is 0.870. The second-order valence-corrected chi connectivity index (χ2v) is 5.51. The van der Waals surface area contributed by atoms with Crippen molar-refractivity contribution in [2.45, 2.75) is 32.8 Å². The van der Waals surface area contributed by atoms with Crippen LogP contribution in [0.4, 0.5) is 0 Å². The number of aryl methyl sites for hydroxylation is 2. The zero-order chi connectivity index (χ0) is 15.5. The van der Waals surface area contributed by atoms with Crippen LogP contribution in [0.3, 0.4) is 0 Å². The van der Waals surface area contributed by atoms with Gasteiger partial charge in [-0.05, 0) is 32.8 Å². The van der Waals surface area contributed by atoms with E-state index in [4.69, 9.17) is 9.15 Å². The molecule has 3 heterocycles. The Morgan fingerprint density at radius 3 is 3.00 bits per heavy atom. The van der Waals surface area contributed by atoms with E-state index < -0.39 is 0 Å². The zero-order valence-corrected chi connectivity index (χ0v) is 12.8. The molecule has 1 saturated heterocycles. The van der Waals surface area contributed by atoms with Crippen LogP contribution in [0, 0.1) is 13.8 Å². The molecular weight excluding hydrogens is 282 g/mol. The molecule has 1 aliphatic heterocycles. The van der Waals surface area contributed by atoms with Gasteiger partial charge in [0.05, 0.1) is 12.1 Å². The fourth-order valence-corrected chi connectivity index (χ4v) is 2.75. The van der Waals surface area contributed by atoms with Gasteiger partial charge in [0.25, 0.3) is 5.91 Å². The molecule has 1 unspecified atom stereocenters. The highest BCUT2D eigenvalue weighted by atomic mass is 16.5. The zero-order valence-electron chi connectivity index (χ0n) is 12.8. The lowest BCUT2D eigenvalue weighted by molar-refractivity contribution is 0.0526. The van der Waals surface area contributed by atoms with E-state index in [1.165, 1.54) is 6.33 Å². The number of ether oxygens (including phenoxy) is 1. The number of hydrogen-bond donors (Lipinski definition) is 0. The summed E-state index contributed by atoms with van der Waals surface area (Å²) in [6.45, 7) is 4.97. The van der Waals surface area contributed by atoms with Gasteiger partial charge in [-0.1, -0.05) is 0 Å². The predicted octanol–water partition coefficient (Wildman–Crippen LogP) is 2.37. The van der Waals surface area contributed by atoms with E-state index in [0.717, 1.165) is 25.1 Å². The van der Waals surface area contributed by atoms with Gasteiger partial charge in [0.2, 0.25) is 5.88 Å². The molecule has 1 atom stereocenters. The van der Waals surface area contributed by atoms with Gasteiger partial charge < -0.3 is 14.1 Å². The summed E-state index contributed by atoms with van der Waals surface area (Å²) < 4.78 is 11.3. The van der Waals surface area contributed by atoms with Crippen LogP contribution in [0.1, 0.15) is 34.7 Å². The molecule has 0 radical (unpaired) electrons. The molecule has 1 aliphatic rings. The molecule has 0 aliphatic carbocycles. The van der Waals surface area contributed by atoms with Gasteiger partial charge in [0, 0.05) is 18.8 Å². The third-order valence-electron chi connectivity index (χ3n) is 3.78. The molecule has 6 nitrogen and oxygen atoms in total. The maximum Gasteiger partial charge on any atom is 0.257 e. The van der Waals surface area contributed by atoms with Crippen molar-refractivity contribution in [3.8, 4) is 5.88 Å². The first-order valence-electron chi connectivity index (χ1n) is 7.42. The average Bonchev–Trinajstić information content (AvgIpc) is 2.86. The minimum atomic E-state index is -0.0408. The van der Waals surface area contributed by atoms with Crippen LogP contribution >= 0.6 is 0 Å². The normalized spacial score (nSPS) is 18.3. The summed E-state index contributed by atoms with van der Waals surface area (Å²) in [6, 6.07) is 3.52. The lowest BCUT2D eigenvalue weighted by Gasteiger charge is -2.32. The monoisotopic (exact) mass is 301 g/mol. The van der Waals surface area contributed by atoms with E-state index in [1.807, 2.05) is 18.7 Å². The number of amides is 1. The van der Waals surface area contributed by atoms with Crippen molar-refractivity contribution in [1.82, 2.24) is 14.9 Å². The lowest BCUT2D eigenvalue weighted by Crippen LogP contribution is -2.44. The Kier molecular flexibility index (Phi) is 4.09. The molecule has 1 fully saturated rings. The Morgan fingerprint density at radius 1 is 1.45 bits per heavy atom. The van der Waals surface area contributed by atoms with E-state index in [1.54, 1.807) is 18.3 Å². The minimum absolute atomic E-state index is 0.00494. The number of rotatable bonds is 3. The summed E-state index contributed by atoms with van der Waals surface area (Å²) in [7, 11) is 0. The first kappa shape index (κ1) is 14.6. The van der Waals surface area contributed by atoms with Crippen molar-refractivity contribution in [2.75, 3.05) is 13.1 Å². The third kappa shape index (κ3) is 3.10. The van der Waals surface area contributed by atoms with Crippen LogP contribution < -0.4 is 4.74 Å². The second kappa shape index (κ2) is 6.17. The highest BCUT2D eigenvalue weighted by Gasteiger charge is 2.27. The highest BCUT2D eigenvalue weighted by Crippen LogP contribution is 2.21. The van der Waals surface area contributed by atoms with Gasteiger partial charge in [-0.3, -0.25) is 4.79 Å². The van der Waals surface area contributed by atoms with Crippen molar-refractivity contribution in [2.24, 2.45) is 0 Å². The van der Waals surface area contributed by atoms with Crippen LogP contribution in [0.5, 0.6) is 5.88 Å². The number of carbonyl (C=O) groups excluding carboxylic acids is 1. The van der Waals surface area contributed by atoms with E-state index >= 15 is 0 Å². The molecule has 0 spiro atoms. The van der Waals surface area contributed by atoms with Gasteiger partial charge in [-0.2, -0.15) is 0 Å². The SMILES string of the molecule is Cc1cc(C(=O)N2CCCC(Oc3ccncn3)C2)c(C)o1. The first-order valence-corrected chi connectivity index (χ1v) is 7.42. The number of carbonyl (C=O) groups is 1. The fourth-order valence-electron chi connectivity index (χ4n) is 2.75. The molecule has 3 rings (SSSR count). The van der Waals surface area contributed by atoms with Crippen LogP contribution in [0.2, 0.25) is 0 Å². The summed E-state index contributed by atoms with van der Waals surface area (Å²) >= 11 is 0. The molecule has 0 N–H and O–H groups in total. The topological polar surface area (TPSA) is 68.5 Å². The fraction of sp³-hybridized carbons (Fsp3) is 0.438. The van der Waals surface area contributed by atoms with Gasteiger partial charge >= 0.3 is 0 Å². The van der Waals surface area contributed by atoms with E-state index in [2.05, 4.69) is 9.97 Å². The maximum atomic E-state index is 12.6. The van der Waals surface area contributed by atoms with Crippen LogP contribution in [0.15, 0.2) is 29.1 Å². The molecule has 2 aromatic heterocycles. The summed E-state index contributed by atoms with van der Waals surface area (Å²) in [5.74, 6) is 1.97. The molecule has 1 amide bonds. The Bertz CT molecular complexity index is 654. The van der Waals surface area contributed by atoms with E-state index in [0.29, 0.717) is 23.7 Å². The maximum absolute atomic E-state index is 12.6. The summed E-state index contributed by atoms with van der Waals surface area (Å²) in [5.41, 5.74) is 0.639. The Hall–Kier alpha value is -2.37. The Balaban J connectivity index is 1.68. The average molecular weight is 301 g/mol. The van der Waals surface area contributed by atoms with Gasteiger partial charge in [0.1, 0.15) is 24.0 Å². The number of furan rings is 1. The molecule has 116 valence electrons. The Morgan fingerprint density at radius 2 is 2.32 bits per heavy atom. The van der Waals surface area contributed by atoms with Crippen molar-refractivity contribution >= 4 is 5.91 Å². The number of hydrogen-bond acceptors (Lipinski definition) is 5. The largest absolute Gasteiger partial charge is 0.472 e. The van der Waals surface area contributed by atoms with Crippen molar-refractivity contribution in [1.29, 1.82) is 0 Å². The van der Waals surface area contributed by atoms with Gasteiger partial charge in [0.15, 0.2) is 0 Å². The van der Waals surface area contributed by atoms with E-state index in [-0.39, 0.29) is 12.0 Å². The molecule has 0 aromatic carbocycles. The summed E-state index contributed by atoms with van der Waals surface area (Å²) in [4.78, 5) is 22.4. The predicted molar refractivity (Wildman–Crippen MR) is 79.8 cm³/mol. The van der Waals surface area contributed by atoms with Crippen molar-refractivity contribution in [3.63, 3.8) is 0 Å². The minimum Gasteiger partial charge on any atom is -0.472 e.